The predicted molar refractivity (Wildman–Crippen MR) is 101 cm³/mol. The second kappa shape index (κ2) is 6.26. The van der Waals surface area contributed by atoms with Crippen LogP contribution in [0, 0.1) is 5.41 Å². The van der Waals surface area contributed by atoms with Crippen LogP contribution >= 0.6 is 11.3 Å². The van der Waals surface area contributed by atoms with Crippen LogP contribution in [0.1, 0.15) is 16.9 Å². The number of thiophene rings is 1. The van der Waals surface area contributed by atoms with Crippen LogP contribution in [0.3, 0.4) is 0 Å². The SMILES string of the molecule is OCC1(CNc2nc(-c3cccnc3)nc3sc4c(c23)CCC4)COC1. The molecule has 2 N–H and O–H groups in total. The fourth-order valence-corrected chi connectivity index (χ4v) is 4.92. The molecule has 3 aromatic rings. The van der Waals surface area contributed by atoms with Gasteiger partial charge in [0.15, 0.2) is 5.82 Å². The highest BCUT2D eigenvalue weighted by Crippen LogP contribution is 2.41. The minimum atomic E-state index is -0.203. The topological polar surface area (TPSA) is 80.2 Å². The van der Waals surface area contributed by atoms with Gasteiger partial charge in [0.2, 0.25) is 0 Å². The Morgan fingerprint density at radius 1 is 1.27 bits per heavy atom. The Morgan fingerprint density at radius 2 is 2.19 bits per heavy atom. The third-order valence-corrected chi connectivity index (χ3v) is 6.45. The number of aliphatic hydroxyl groups is 1. The predicted octanol–water partition coefficient (Wildman–Crippen LogP) is 2.66. The highest BCUT2D eigenvalue weighted by atomic mass is 32.1. The smallest absolute Gasteiger partial charge is 0.164 e. The van der Waals surface area contributed by atoms with Crippen LogP contribution in [0.5, 0.6) is 0 Å². The van der Waals surface area contributed by atoms with E-state index in [1.807, 2.05) is 12.1 Å². The van der Waals surface area contributed by atoms with E-state index in [9.17, 15) is 5.11 Å². The van der Waals surface area contributed by atoms with E-state index in [0.29, 0.717) is 25.6 Å². The maximum Gasteiger partial charge on any atom is 0.164 e. The van der Waals surface area contributed by atoms with Crippen molar-refractivity contribution in [2.75, 3.05) is 31.7 Å². The molecule has 1 aliphatic carbocycles. The molecule has 0 bridgehead atoms. The summed E-state index contributed by atoms with van der Waals surface area (Å²) >= 11 is 1.78. The van der Waals surface area contributed by atoms with Gasteiger partial charge in [-0.2, -0.15) is 0 Å². The molecule has 0 atom stereocenters. The maximum absolute atomic E-state index is 9.72. The molecule has 4 heterocycles. The molecule has 1 aliphatic heterocycles. The Balaban J connectivity index is 1.59. The van der Waals surface area contributed by atoms with Gasteiger partial charge in [-0.3, -0.25) is 4.98 Å². The molecule has 2 aliphatic rings. The van der Waals surface area contributed by atoms with Gasteiger partial charge in [-0.25, -0.2) is 9.97 Å². The minimum Gasteiger partial charge on any atom is -0.396 e. The number of fused-ring (bicyclic) bond motifs is 3. The number of ether oxygens (including phenoxy) is 1. The first kappa shape index (κ1) is 16.1. The molecule has 3 aromatic heterocycles. The zero-order valence-electron chi connectivity index (χ0n) is 14.4. The maximum atomic E-state index is 9.72. The normalized spacial score (nSPS) is 17.9. The number of rotatable bonds is 5. The summed E-state index contributed by atoms with van der Waals surface area (Å²) in [6, 6.07) is 3.88. The van der Waals surface area contributed by atoms with E-state index in [1.165, 1.54) is 16.9 Å². The van der Waals surface area contributed by atoms with Crippen LogP contribution in [-0.4, -0.2) is 46.4 Å². The highest BCUT2D eigenvalue weighted by molar-refractivity contribution is 7.19. The van der Waals surface area contributed by atoms with Gasteiger partial charge in [-0.05, 0) is 37.0 Å². The number of nitrogens with one attached hydrogen (secondary N) is 1. The van der Waals surface area contributed by atoms with E-state index in [-0.39, 0.29) is 12.0 Å². The van der Waals surface area contributed by atoms with Crippen molar-refractivity contribution in [1.82, 2.24) is 15.0 Å². The molecule has 26 heavy (non-hydrogen) atoms. The summed E-state index contributed by atoms with van der Waals surface area (Å²) in [5, 5.41) is 14.4. The fraction of sp³-hybridized carbons (Fsp3) is 0.421. The summed E-state index contributed by atoms with van der Waals surface area (Å²) in [6.07, 6.45) is 6.97. The molecule has 0 radical (unpaired) electrons. The summed E-state index contributed by atoms with van der Waals surface area (Å²) < 4.78 is 5.32. The van der Waals surface area contributed by atoms with Gasteiger partial charge < -0.3 is 15.2 Å². The van der Waals surface area contributed by atoms with Gasteiger partial charge in [0.05, 0.1) is 30.6 Å². The zero-order chi connectivity index (χ0) is 17.6. The number of anilines is 1. The second-order valence-corrected chi connectivity index (χ2v) is 8.26. The first-order valence-electron chi connectivity index (χ1n) is 8.93. The van der Waals surface area contributed by atoms with E-state index >= 15 is 0 Å². The van der Waals surface area contributed by atoms with Crippen LogP contribution in [0.25, 0.3) is 21.6 Å². The summed E-state index contributed by atoms with van der Waals surface area (Å²) in [7, 11) is 0. The molecule has 0 amide bonds. The zero-order valence-corrected chi connectivity index (χ0v) is 15.2. The lowest BCUT2D eigenvalue weighted by Gasteiger charge is -2.40. The molecule has 0 unspecified atom stereocenters. The lowest BCUT2D eigenvalue weighted by Crippen LogP contribution is -2.50. The van der Waals surface area contributed by atoms with E-state index in [4.69, 9.17) is 14.7 Å². The number of aliphatic hydroxyl groups excluding tert-OH is 1. The average Bonchev–Trinajstić information content (AvgIpc) is 3.22. The van der Waals surface area contributed by atoms with Crippen molar-refractivity contribution in [2.45, 2.75) is 19.3 Å². The van der Waals surface area contributed by atoms with Crippen molar-refractivity contribution in [3.05, 3.63) is 35.0 Å². The number of pyridine rings is 1. The van der Waals surface area contributed by atoms with Crippen molar-refractivity contribution in [3.8, 4) is 11.4 Å². The van der Waals surface area contributed by atoms with E-state index < -0.39 is 0 Å². The Morgan fingerprint density at radius 3 is 2.92 bits per heavy atom. The molecule has 1 fully saturated rings. The molecular weight excluding hydrogens is 348 g/mol. The number of hydrogen-bond donors (Lipinski definition) is 2. The molecule has 0 saturated carbocycles. The molecule has 6 nitrogen and oxygen atoms in total. The third-order valence-electron chi connectivity index (χ3n) is 5.27. The number of aryl methyl sites for hydroxylation is 2. The van der Waals surface area contributed by atoms with Crippen molar-refractivity contribution in [3.63, 3.8) is 0 Å². The van der Waals surface area contributed by atoms with Crippen LogP contribution in [0.2, 0.25) is 0 Å². The first-order valence-corrected chi connectivity index (χ1v) is 9.75. The summed E-state index contributed by atoms with van der Waals surface area (Å²) in [6.45, 7) is 1.93. The highest BCUT2D eigenvalue weighted by Gasteiger charge is 2.38. The van der Waals surface area contributed by atoms with Crippen molar-refractivity contribution < 1.29 is 9.84 Å². The molecule has 1 saturated heterocycles. The Labute approximate surface area is 155 Å². The van der Waals surface area contributed by atoms with Gasteiger partial charge in [-0.1, -0.05) is 0 Å². The first-order chi connectivity index (χ1) is 12.8. The van der Waals surface area contributed by atoms with Crippen molar-refractivity contribution in [1.29, 1.82) is 0 Å². The summed E-state index contributed by atoms with van der Waals surface area (Å²) in [5.41, 5.74) is 2.10. The number of nitrogens with zero attached hydrogens (tertiary/aromatic N) is 3. The Kier molecular flexibility index (Phi) is 3.88. The van der Waals surface area contributed by atoms with Gasteiger partial charge in [-0.15, -0.1) is 11.3 Å². The van der Waals surface area contributed by atoms with E-state index in [0.717, 1.165) is 34.4 Å². The van der Waals surface area contributed by atoms with Crippen LogP contribution in [0.4, 0.5) is 5.82 Å². The van der Waals surface area contributed by atoms with Gasteiger partial charge in [0.25, 0.3) is 0 Å². The number of aromatic nitrogens is 3. The standard InChI is InChI=1S/C19H20N4O2S/c24-9-19(10-25-11-19)8-21-17-15-13-4-1-5-14(13)26-18(15)23-16(22-17)12-3-2-6-20-7-12/h2-3,6-7,24H,1,4-5,8-11H2,(H,21,22,23). The Hall–Kier alpha value is -2.09. The molecule has 134 valence electrons. The number of hydrogen-bond acceptors (Lipinski definition) is 7. The monoisotopic (exact) mass is 368 g/mol. The minimum absolute atomic E-state index is 0.117. The van der Waals surface area contributed by atoms with E-state index in [2.05, 4.69) is 10.3 Å². The van der Waals surface area contributed by atoms with Crippen LogP contribution in [-0.2, 0) is 17.6 Å². The van der Waals surface area contributed by atoms with E-state index in [1.54, 1.807) is 23.7 Å². The largest absolute Gasteiger partial charge is 0.396 e. The molecule has 0 spiro atoms. The molecule has 0 aromatic carbocycles. The van der Waals surface area contributed by atoms with Crippen molar-refractivity contribution >= 4 is 27.4 Å². The lowest BCUT2D eigenvalue weighted by molar-refractivity contribution is -0.128. The Bertz CT molecular complexity index is 948. The average molecular weight is 368 g/mol. The van der Waals surface area contributed by atoms with Crippen LogP contribution < -0.4 is 5.32 Å². The molecule has 7 heteroatoms. The van der Waals surface area contributed by atoms with Gasteiger partial charge in [0, 0.05) is 29.4 Å². The fourth-order valence-electron chi connectivity index (χ4n) is 3.66. The van der Waals surface area contributed by atoms with Crippen LogP contribution in [0.15, 0.2) is 24.5 Å². The van der Waals surface area contributed by atoms with Crippen molar-refractivity contribution in [2.24, 2.45) is 5.41 Å². The quantitative estimate of drug-likeness (QED) is 0.721. The molecule has 5 rings (SSSR count). The second-order valence-electron chi connectivity index (χ2n) is 7.18. The third kappa shape index (κ3) is 2.58. The lowest BCUT2D eigenvalue weighted by atomic mass is 9.87. The molecular formula is C19H20N4O2S. The van der Waals surface area contributed by atoms with Gasteiger partial charge >= 0.3 is 0 Å². The summed E-state index contributed by atoms with van der Waals surface area (Å²) in [5.74, 6) is 1.56. The summed E-state index contributed by atoms with van der Waals surface area (Å²) in [4.78, 5) is 16.3. The van der Waals surface area contributed by atoms with Gasteiger partial charge in [0.1, 0.15) is 10.6 Å².